The van der Waals surface area contributed by atoms with E-state index in [-0.39, 0.29) is 42.1 Å². The second-order valence-corrected chi connectivity index (χ2v) is 7.62. The van der Waals surface area contributed by atoms with Crippen LogP contribution >= 0.6 is 0 Å². The van der Waals surface area contributed by atoms with Crippen molar-refractivity contribution in [2.75, 3.05) is 6.54 Å². The fraction of sp³-hybridized carbons (Fsp3) is 0.409. The fourth-order valence-corrected chi connectivity index (χ4v) is 4.52. The van der Waals surface area contributed by atoms with Crippen molar-refractivity contribution in [2.45, 2.75) is 38.6 Å². The van der Waals surface area contributed by atoms with Crippen molar-refractivity contribution in [1.29, 1.82) is 0 Å². The van der Waals surface area contributed by atoms with E-state index in [9.17, 15) is 14.4 Å². The van der Waals surface area contributed by atoms with Crippen molar-refractivity contribution in [1.82, 2.24) is 10.2 Å². The Balaban J connectivity index is 1.46. The zero-order chi connectivity index (χ0) is 19.0. The van der Waals surface area contributed by atoms with Crippen LogP contribution in [0.5, 0.6) is 0 Å². The first kappa shape index (κ1) is 17.7. The van der Waals surface area contributed by atoms with E-state index >= 15 is 0 Å². The van der Waals surface area contributed by atoms with Gasteiger partial charge in [0.25, 0.3) is 0 Å². The van der Waals surface area contributed by atoms with Gasteiger partial charge in [0, 0.05) is 0 Å². The average Bonchev–Trinajstić information content (AvgIpc) is 2.92. The van der Waals surface area contributed by atoms with Crippen LogP contribution in [0.3, 0.4) is 0 Å². The molecule has 3 atom stereocenters. The molecule has 2 aromatic carbocycles. The molecule has 1 N–H and O–H groups in total. The minimum absolute atomic E-state index is 0.169. The van der Waals surface area contributed by atoms with Gasteiger partial charge in [0.05, 0.1) is 17.9 Å². The van der Waals surface area contributed by atoms with Crippen LogP contribution < -0.4 is 5.32 Å². The molecule has 1 aliphatic carbocycles. The molecule has 2 aliphatic rings. The Labute approximate surface area is 158 Å². The number of rotatable bonds is 4. The molecule has 2 fully saturated rings. The maximum Gasteiger partial charge on any atom is 0.240 e. The zero-order valence-corrected chi connectivity index (χ0v) is 15.5. The summed E-state index contributed by atoms with van der Waals surface area (Å²) in [6.45, 7) is 1.74. The molecule has 1 aliphatic heterocycles. The summed E-state index contributed by atoms with van der Waals surface area (Å²) in [5.74, 6) is -1.06. The summed E-state index contributed by atoms with van der Waals surface area (Å²) in [7, 11) is 0. The summed E-state index contributed by atoms with van der Waals surface area (Å²) in [6.07, 6.45) is 3.50. The average molecular weight is 364 g/mol. The van der Waals surface area contributed by atoms with E-state index in [4.69, 9.17) is 0 Å². The van der Waals surface area contributed by atoms with E-state index in [2.05, 4.69) is 5.32 Å². The number of hydrogen-bond donors (Lipinski definition) is 1. The second-order valence-electron chi connectivity index (χ2n) is 7.62. The molecule has 0 radical (unpaired) electrons. The van der Waals surface area contributed by atoms with Crippen molar-refractivity contribution in [2.24, 2.45) is 11.8 Å². The first-order valence-corrected chi connectivity index (χ1v) is 9.68. The summed E-state index contributed by atoms with van der Waals surface area (Å²) in [4.78, 5) is 38.8. The predicted molar refractivity (Wildman–Crippen MR) is 103 cm³/mol. The van der Waals surface area contributed by atoms with Gasteiger partial charge in [-0.15, -0.1) is 0 Å². The fourth-order valence-electron chi connectivity index (χ4n) is 4.52. The smallest absolute Gasteiger partial charge is 0.240 e. The number of likely N-dealkylation sites (tertiary alicyclic amines) is 1. The van der Waals surface area contributed by atoms with Crippen LogP contribution in [0.4, 0.5) is 0 Å². The summed E-state index contributed by atoms with van der Waals surface area (Å²) in [5.41, 5.74) is 1.02. The second kappa shape index (κ2) is 7.14. The van der Waals surface area contributed by atoms with Gasteiger partial charge in [-0.3, -0.25) is 19.3 Å². The zero-order valence-electron chi connectivity index (χ0n) is 15.5. The van der Waals surface area contributed by atoms with Gasteiger partial charge in [0.15, 0.2) is 0 Å². The van der Waals surface area contributed by atoms with Crippen LogP contribution in [-0.4, -0.2) is 29.2 Å². The van der Waals surface area contributed by atoms with Crippen LogP contribution in [0.25, 0.3) is 10.8 Å². The number of benzene rings is 2. The molecule has 0 spiro atoms. The quantitative estimate of drug-likeness (QED) is 0.848. The lowest BCUT2D eigenvalue weighted by Crippen LogP contribution is -2.41. The molecular weight excluding hydrogens is 340 g/mol. The van der Waals surface area contributed by atoms with Gasteiger partial charge in [-0.2, -0.15) is 0 Å². The predicted octanol–water partition coefficient (Wildman–Crippen LogP) is 3.19. The topological polar surface area (TPSA) is 66.5 Å². The highest BCUT2D eigenvalue weighted by atomic mass is 16.2. The number of imide groups is 1. The van der Waals surface area contributed by atoms with Gasteiger partial charge in [-0.1, -0.05) is 55.3 Å². The molecule has 27 heavy (non-hydrogen) atoms. The number of amides is 3. The van der Waals surface area contributed by atoms with E-state index in [0.29, 0.717) is 0 Å². The van der Waals surface area contributed by atoms with Crippen molar-refractivity contribution >= 4 is 28.5 Å². The molecule has 0 bridgehead atoms. The minimum Gasteiger partial charge on any atom is -0.348 e. The molecular formula is C22H24N2O3. The monoisotopic (exact) mass is 364 g/mol. The molecule has 1 saturated heterocycles. The highest BCUT2D eigenvalue weighted by Crippen LogP contribution is 2.37. The minimum atomic E-state index is -0.296. The van der Waals surface area contributed by atoms with Gasteiger partial charge in [-0.05, 0) is 36.1 Å². The lowest BCUT2D eigenvalue weighted by molar-refractivity contribution is -0.143. The number of nitrogens with zero attached hydrogens (tertiary/aromatic N) is 1. The lowest BCUT2D eigenvalue weighted by atomic mass is 9.81. The third-order valence-electron chi connectivity index (χ3n) is 5.90. The molecule has 3 amide bonds. The highest BCUT2D eigenvalue weighted by molar-refractivity contribution is 6.07. The Hall–Kier alpha value is -2.69. The van der Waals surface area contributed by atoms with Crippen LogP contribution in [0.2, 0.25) is 0 Å². The van der Waals surface area contributed by atoms with E-state index in [1.54, 1.807) is 0 Å². The molecule has 1 heterocycles. The van der Waals surface area contributed by atoms with E-state index in [1.807, 2.05) is 49.4 Å². The summed E-state index contributed by atoms with van der Waals surface area (Å²) in [6, 6.07) is 13.8. The third-order valence-corrected chi connectivity index (χ3v) is 5.90. The molecule has 3 unspecified atom stereocenters. The Morgan fingerprint density at radius 2 is 1.67 bits per heavy atom. The van der Waals surface area contributed by atoms with E-state index < -0.39 is 0 Å². The maximum atomic E-state index is 12.6. The Kier molecular flexibility index (Phi) is 4.68. The Morgan fingerprint density at radius 1 is 1.04 bits per heavy atom. The molecule has 1 saturated carbocycles. The molecule has 4 rings (SSSR count). The summed E-state index contributed by atoms with van der Waals surface area (Å²) >= 11 is 0. The molecule has 0 aromatic heterocycles. The Bertz CT molecular complexity index is 878. The third kappa shape index (κ3) is 3.22. The summed E-state index contributed by atoms with van der Waals surface area (Å²) < 4.78 is 0. The molecule has 5 nitrogen and oxygen atoms in total. The van der Waals surface area contributed by atoms with Crippen molar-refractivity contribution < 1.29 is 14.4 Å². The molecule has 140 valence electrons. The van der Waals surface area contributed by atoms with Gasteiger partial charge >= 0.3 is 0 Å². The number of hydrogen-bond acceptors (Lipinski definition) is 3. The van der Waals surface area contributed by atoms with Gasteiger partial charge in [0.2, 0.25) is 17.7 Å². The number of carbonyl (C=O) groups is 3. The van der Waals surface area contributed by atoms with Crippen molar-refractivity contribution in [3.8, 4) is 0 Å². The van der Waals surface area contributed by atoms with Gasteiger partial charge in [0.1, 0.15) is 6.54 Å². The highest BCUT2D eigenvalue weighted by Gasteiger charge is 2.48. The first-order chi connectivity index (χ1) is 13.1. The van der Waals surface area contributed by atoms with Crippen LogP contribution in [-0.2, 0) is 14.4 Å². The standard InChI is InChI=1S/C22H24N2O3/c1-14(16-12-6-8-15-7-2-3-9-17(15)16)23-20(25)13-24-21(26)18-10-4-5-11-19(18)22(24)27/h2-3,6-9,12,14,18-19H,4-5,10-11,13H2,1H3,(H,23,25). The lowest BCUT2D eigenvalue weighted by Gasteiger charge is -2.19. The van der Waals surface area contributed by atoms with Gasteiger partial charge in [-0.25, -0.2) is 0 Å². The Morgan fingerprint density at radius 3 is 2.37 bits per heavy atom. The largest absolute Gasteiger partial charge is 0.348 e. The number of nitrogens with one attached hydrogen (secondary N) is 1. The van der Waals surface area contributed by atoms with Crippen LogP contribution in [0.1, 0.15) is 44.2 Å². The van der Waals surface area contributed by atoms with Crippen molar-refractivity contribution in [3.05, 3.63) is 48.0 Å². The summed E-state index contributed by atoms with van der Waals surface area (Å²) in [5, 5.41) is 5.16. The van der Waals surface area contributed by atoms with E-state index in [0.717, 1.165) is 42.0 Å². The van der Waals surface area contributed by atoms with Crippen molar-refractivity contribution in [3.63, 3.8) is 0 Å². The van der Waals surface area contributed by atoms with Gasteiger partial charge < -0.3 is 5.32 Å². The molecule has 2 aromatic rings. The number of carbonyl (C=O) groups excluding carboxylic acids is 3. The number of fused-ring (bicyclic) bond motifs is 2. The van der Waals surface area contributed by atoms with Crippen LogP contribution in [0, 0.1) is 11.8 Å². The SMILES string of the molecule is CC(NC(=O)CN1C(=O)C2CCCCC2C1=O)c1cccc2ccccc12. The maximum absolute atomic E-state index is 12.6. The van der Waals surface area contributed by atoms with Crippen LogP contribution in [0.15, 0.2) is 42.5 Å². The normalized spacial score (nSPS) is 23.4. The molecule has 5 heteroatoms. The van der Waals surface area contributed by atoms with E-state index in [1.165, 1.54) is 4.90 Å². The first-order valence-electron chi connectivity index (χ1n) is 9.68.